The van der Waals surface area contributed by atoms with E-state index in [0.29, 0.717) is 5.15 Å². The Kier molecular flexibility index (Phi) is 5.48. The van der Waals surface area contributed by atoms with E-state index in [9.17, 15) is 0 Å². The number of aromatic nitrogens is 3. The van der Waals surface area contributed by atoms with Gasteiger partial charge in [0.15, 0.2) is 4.34 Å². The molecule has 2 heterocycles. The summed E-state index contributed by atoms with van der Waals surface area (Å²) in [5.74, 6) is 0.796. The highest BCUT2D eigenvalue weighted by atomic mass is 35.5. The van der Waals surface area contributed by atoms with Crippen molar-refractivity contribution in [2.24, 2.45) is 0 Å². The van der Waals surface area contributed by atoms with Gasteiger partial charge in [-0.3, -0.25) is 0 Å². The van der Waals surface area contributed by atoms with Gasteiger partial charge in [-0.25, -0.2) is 4.98 Å². The average Bonchev–Trinajstić information content (AvgIpc) is 3.02. The van der Waals surface area contributed by atoms with Crippen molar-refractivity contribution in [2.45, 2.75) is 23.4 Å². The number of pyridine rings is 1. The quantitative estimate of drug-likeness (QED) is 0.483. The zero-order chi connectivity index (χ0) is 16.1. The molecular weight excluding hydrogens is 348 g/mol. The predicted molar refractivity (Wildman–Crippen MR) is 97.8 cm³/mol. The Morgan fingerprint density at radius 2 is 1.87 bits per heavy atom. The summed E-state index contributed by atoms with van der Waals surface area (Å²) in [7, 11) is 0. The molecule has 3 aromatic rings. The first-order valence-corrected chi connectivity index (χ1v) is 9.33. The molecule has 1 aromatic carbocycles. The Morgan fingerprint density at radius 1 is 1.09 bits per heavy atom. The van der Waals surface area contributed by atoms with Gasteiger partial charge in [0.1, 0.15) is 5.15 Å². The van der Waals surface area contributed by atoms with Crippen LogP contribution in [-0.2, 0) is 12.2 Å². The number of hydrogen-bond donors (Lipinski definition) is 1. The minimum atomic E-state index is 0.509. The van der Waals surface area contributed by atoms with Gasteiger partial charge in [-0.15, -0.1) is 10.2 Å². The Hall–Kier alpha value is -1.63. The van der Waals surface area contributed by atoms with E-state index in [1.807, 2.05) is 6.07 Å². The molecule has 0 spiro atoms. The summed E-state index contributed by atoms with van der Waals surface area (Å²) < 4.78 is 0.924. The Bertz CT molecular complexity index is 757. The van der Waals surface area contributed by atoms with E-state index in [0.717, 1.165) is 32.9 Å². The molecule has 0 aliphatic heterocycles. The van der Waals surface area contributed by atoms with E-state index in [1.165, 1.54) is 5.56 Å². The predicted octanol–water partition coefficient (Wildman–Crippen LogP) is 5.18. The van der Waals surface area contributed by atoms with Gasteiger partial charge in [0, 0.05) is 17.6 Å². The van der Waals surface area contributed by atoms with Gasteiger partial charge in [-0.05, 0) is 35.7 Å². The number of halogens is 1. The summed E-state index contributed by atoms with van der Waals surface area (Å²) in [6.45, 7) is 2.15. The standard InChI is InChI=1S/C16H15ClN4S2/c1-2-11-3-6-13(7-4-11)19-15-20-21-16(23-15)22-10-12-5-8-14(17)18-9-12/h3-9H,2,10H2,1H3,(H,19,20). The molecule has 4 nitrogen and oxygen atoms in total. The number of thioether (sulfide) groups is 1. The van der Waals surface area contributed by atoms with Gasteiger partial charge in [-0.1, -0.05) is 59.8 Å². The van der Waals surface area contributed by atoms with Gasteiger partial charge in [0.2, 0.25) is 5.13 Å². The zero-order valence-corrected chi connectivity index (χ0v) is 14.9. The Balaban J connectivity index is 1.57. The lowest BCUT2D eigenvalue weighted by Crippen LogP contribution is -1.89. The highest BCUT2D eigenvalue weighted by Gasteiger charge is 2.06. The van der Waals surface area contributed by atoms with Crippen molar-refractivity contribution in [3.05, 3.63) is 58.9 Å². The van der Waals surface area contributed by atoms with Gasteiger partial charge in [0.25, 0.3) is 0 Å². The minimum absolute atomic E-state index is 0.509. The van der Waals surface area contributed by atoms with Crippen LogP contribution in [0.1, 0.15) is 18.1 Å². The topological polar surface area (TPSA) is 50.7 Å². The third kappa shape index (κ3) is 4.67. The van der Waals surface area contributed by atoms with Crippen molar-refractivity contribution in [3.63, 3.8) is 0 Å². The molecule has 1 N–H and O–H groups in total. The van der Waals surface area contributed by atoms with E-state index < -0.39 is 0 Å². The molecule has 0 radical (unpaired) electrons. The van der Waals surface area contributed by atoms with Gasteiger partial charge < -0.3 is 5.32 Å². The lowest BCUT2D eigenvalue weighted by Gasteiger charge is -2.02. The minimum Gasteiger partial charge on any atom is -0.330 e. The normalized spacial score (nSPS) is 10.7. The first-order valence-electron chi connectivity index (χ1n) is 7.15. The molecule has 0 saturated carbocycles. The first kappa shape index (κ1) is 16.2. The van der Waals surface area contributed by atoms with E-state index in [4.69, 9.17) is 11.6 Å². The molecule has 0 aliphatic rings. The summed E-state index contributed by atoms with van der Waals surface area (Å²) in [6.07, 6.45) is 2.82. The van der Waals surface area contributed by atoms with Crippen LogP contribution in [0.5, 0.6) is 0 Å². The summed E-state index contributed by atoms with van der Waals surface area (Å²) in [4.78, 5) is 4.07. The number of rotatable bonds is 6. The number of nitrogens with zero attached hydrogens (tertiary/aromatic N) is 3. The second kappa shape index (κ2) is 7.77. The molecule has 0 atom stereocenters. The van der Waals surface area contributed by atoms with Gasteiger partial charge in [0.05, 0.1) is 0 Å². The Labute approximate surface area is 148 Å². The molecule has 3 rings (SSSR count). The molecule has 0 aliphatic carbocycles. The molecule has 118 valence electrons. The van der Waals surface area contributed by atoms with E-state index in [-0.39, 0.29) is 0 Å². The maximum absolute atomic E-state index is 5.78. The fourth-order valence-corrected chi connectivity index (χ4v) is 3.72. The van der Waals surface area contributed by atoms with Crippen molar-refractivity contribution >= 4 is 45.5 Å². The third-order valence-corrected chi connectivity index (χ3v) is 5.44. The lowest BCUT2D eigenvalue weighted by molar-refractivity contribution is 1.01. The average molecular weight is 363 g/mol. The Morgan fingerprint density at radius 3 is 2.57 bits per heavy atom. The number of anilines is 2. The monoisotopic (exact) mass is 362 g/mol. The number of hydrogen-bond acceptors (Lipinski definition) is 6. The molecule has 0 bridgehead atoms. The van der Waals surface area contributed by atoms with Crippen LogP contribution in [0.3, 0.4) is 0 Å². The number of benzene rings is 1. The van der Waals surface area contributed by atoms with Crippen molar-refractivity contribution in [3.8, 4) is 0 Å². The van der Waals surface area contributed by atoms with Crippen molar-refractivity contribution < 1.29 is 0 Å². The second-order valence-electron chi connectivity index (χ2n) is 4.83. The summed E-state index contributed by atoms with van der Waals surface area (Å²) >= 11 is 8.96. The van der Waals surface area contributed by atoms with Crippen LogP contribution in [0.4, 0.5) is 10.8 Å². The third-order valence-electron chi connectivity index (χ3n) is 3.17. The smallest absolute Gasteiger partial charge is 0.210 e. The maximum Gasteiger partial charge on any atom is 0.210 e. The molecule has 0 saturated heterocycles. The van der Waals surface area contributed by atoms with Crippen LogP contribution >= 0.6 is 34.7 Å². The van der Waals surface area contributed by atoms with E-state index >= 15 is 0 Å². The fourth-order valence-electron chi connectivity index (χ4n) is 1.90. The highest BCUT2D eigenvalue weighted by Crippen LogP contribution is 2.29. The van der Waals surface area contributed by atoms with Crippen LogP contribution in [0.25, 0.3) is 0 Å². The number of nitrogens with one attached hydrogen (secondary N) is 1. The molecule has 0 fully saturated rings. The largest absolute Gasteiger partial charge is 0.330 e. The van der Waals surface area contributed by atoms with Crippen molar-refractivity contribution in [2.75, 3.05) is 5.32 Å². The molecule has 0 unspecified atom stereocenters. The fraction of sp³-hybridized carbons (Fsp3) is 0.188. The van der Waals surface area contributed by atoms with Gasteiger partial charge in [-0.2, -0.15) is 0 Å². The van der Waals surface area contributed by atoms with Gasteiger partial charge >= 0.3 is 0 Å². The van der Waals surface area contributed by atoms with Crippen molar-refractivity contribution in [1.82, 2.24) is 15.2 Å². The molecular formula is C16H15ClN4S2. The van der Waals surface area contributed by atoms with Crippen LogP contribution < -0.4 is 5.32 Å². The van der Waals surface area contributed by atoms with Crippen LogP contribution in [0, 0.1) is 0 Å². The van der Waals surface area contributed by atoms with Crippen LogP contribution in [-0.4, -0.2) is 15.2 Å². The summed E-state index contributed by atoms with van der Waals surface area (Å²) in [5, 5.41) is 13.0. The van der Waals surface area contributed by atoms with Crippen molar-refractivity contribution in [1.29, 1.82) is 0 Å². The molecule has 2 aromatic heterocycles. The van der Waals surface area contributed by atoms with E-state index in [1.54, 1.807) is 35.4 Å². The first-order chi connectivity index (χ1) is 11.2. The maximum atomic E-state index is 5.78. The number of aryl methyl sites for hydroxylation is 1. The van der Waals surface area contributed by atoms with E-state index in [2.05, 4.69) is 51.7 Å². The second-order valence-corrected chi connectivity index (χ2v) is 7.41. The van der Waals surface area contributed by atoms with Crippen LogP contribution in [0.15, 0.2) is 46.9 Å². The molecule has 0 amide bonds. The SMILES string of the molecule is CCc1ccc(Nc2nnc(SCc3ccc(Cl)nc3)s2)cc1. The highest BCUT2D eigenvalue weighted by molar-refractivity contribution is 8.00. The summed E-state index contributed by atoms with van der Waals surface area (Å²) in [5.41, 5.74) is 3.46. The lowest BCUT2D eigenvalue weighted by atomic mass is 10.1. The zero-order valence-electron chi connectivity index (χ0n) is 12.5. The van der Waals surface area contributed by atoms with Crippen LogP contribution in [0.2, 0.25) is 5.15 Å². The molecule has 23 heavy (non-hydrogen) atoms. The summed E-state index contributed by atoms with van der Waals surface area (Å²) in [6, 6.07) is 12.1. The molecule has 7 heteroatoms.